The van der Waals surface area contributed by atoms with Crippen LogP contribution in [0.4, 0.5) is 0 Å². The highest BCUT2D eigenvalue weighted by molar-refractivity contribution is 7.91. The molecular formula is C10H19NO2S. The Labute approximate surface area is 89.0 Å². The predicted octanol–water partition coefficient (Wildman–Crippen LogP) is 1.01. The standard InChI is InChI=1S/C10H19NO2S/c1-9(2)3-4-10(12)11-5-7-14(13)8-6-11/h9H,3-8H2,1-2H3. The topological polar surface area (TPSA) is 43.4 Å². The van der Waals surface area contributed by atoms with Crippen LogP contribution in [-0.4, -0.2) is 40.0 Å². The summed E-state index contributed by atoms with van der Waals surface area (Å²) < 4.78 is 11.1. The number of amides is 1. The van der Waals surface area contributed by atoms with E-state index >= 15 is 0 Å². The number of carbonyl (C=O) groups is 1. The summed E-state index contributed by atoms with van der Waals surface area (Å²) in [5.41, 5.74) is 0. The second-order valence-corrected chi connectivity index (χ2v) is 5.86. The summed E-state index contributed by atoms with van der Waals surface area (Å²) >= 11 is -0.684. The van der Waals surface area contributed by atoms with Gasteiger partial charge in [-0.05, 0) is 12.3 Å². The Morgan fingerprint density at radius 1 is 1.43 bits per heavy atom. The fourth-order valence-electron chi connectivity index (χ4n) is 1.46. The van der Waals surface area contributed by atoms with Crippen molar-refractivity contribution in [2.45, 2.75) is 26.7 Å². The quantitative estimate of drug-likeness (QED) is 0.662. The zero-order valence-corrected chi connectivity index (χ0v) is 9.81. The Bertz CT molecular complexity index is 189. The predicted molar refractivity (Wildman–Crippen MR) is 58.5 cm³/mol. The molecule has 1 amide bonds. The van der Waals surface area contributed by atoms with E-state index in [1.165, 1.54) is 0 Å². The van der Waals surface area contributed by atoms with Gasteiger partial charge in [-0.1, -0.05) is 25.0 Å². The number of nitrogens with zero attached hydrogens (tertiary/aromatic N) is 1. The van der Waals surface area contributed by atoms with Crippen molar-refractivity contribution < 1.29 is 9.35 Å². The van der Waals surface area contributed by atoms with Crippen LogP contribution in [0.2, 0.25) is 0 Å². The van der Waals surface area contributed by atoms with Crippen LogP contribution in [0.5, 0.6) is 0 Å². The lowest BCUT2D eigenvalue weighted by molar-refractivity contribution is -0.131. The van der Waals surface area contributed by atoms with Crippen molar-refractivity contribution in [3.8, 4) is 0 Å². The van der Waals surface area contributed by atoms with Crippen molar-refractivity contribution >= 4 is 17.1 Å². The fourth-order valence-corrected chi connectivity index (χ4v) is 2.51. The number of rotatable bonds is 3. The molecule has 1 aliphatic heterocycles. The molecule has 0 atom stereocenters. The van der Waals surface area contributed by atoms with Gasteiger partial charge in [0.2, 0.25) is 5.91 Å². The summed E-state index contributed by atoms with van der Waals surface area (Å²) in [5.74, 6) is 2.13. The summed E-state index contributed by atoms with van der Waals surface area (Å²) in [6.45, 7) is 5.62. The first-order valence-corrected chi connectivity index (χ1v) is 6.71. The molecule has 1 rings (SSSR count). The Kier molecular flexibility index (Phi) is 4.75. The third-order valence-electron chi connectivity index (χ3n) is 2.47. The molecule has 3 nitrogen and oxygen atoms in total. The fraction of sp³-hybridized carbons (Fsp3) is 0.900. The van der Waals surface area contributed by atoms with Gasteiger partial charge in [0.05, 0.1) is 13.1 Å². The zero-order valence-electron chi connectivity index (χ0n) is 8.99. The van der Waals surface area contributed by atoms with Crippen LogP contribution < -0.4 is 0 Å². The minimum absolute atomic E-state index is 0.232. The monoisotopic (exact) mass is 217 g/mol. The molecule has 1 heterocycles. The molecule has 0 N–H and O–H groups in total. The van der Waals surface area contributed by atoms with Crippen LogP contribution in [0.15, 0.2) is 0 Å². The largest absolute Gasteiger partial charge is 0.616 e. The molecular weight excluding hydrogens is 198 g/mol. The van der Waals surface area contributed by atoms with Crippen LogP contribution in [0.25, 0.3) is 0 Å². The van der Waals surface area contributed by atoms with Crippen LogP contribution in [0.1, 0.15) is 26.7 Å². The van der Waals surface area contributed by atoms with Crippen molar-refractivity contribution in [1.29, 1.82) is 0 Å². The maximum atomic E-state index is 11.6. The Balaban J connectivity index is 2.24. The molecule has 0 unspecified atom stereocenters. The summed E-state index contributed by atoms with van der Waals surface area (Å²) in [4.78, 5) is 13.5. The molecule has 14 heavy (non-hydrogen) atoms. The van der Waals surface area contributed by atoms with Crippen molar-refractivity contribution in [2.24, 2.45) is 5.92 Å². The van der Waals surface area contributed by atoms with Crippen LogP contribution in [0.3, 0.4) is 0 Å². The van der Waals surface area contributed by atoms with E-state index in [9.17, 15) is 9.35 Å². The van der Waals surface area contributed by atoms with E-state index in [1.807, 2.05) is 4.90 Å². The molecule has 0 bridgehead atoms. The third-order valence-corrected chi connectivity index (χ3v) is 3.74. The molecule has 0 aromatic heterocycles. The molecule has 0 aromatic carbocycles. The lowest BCUT2D eigenvalue weighted by atomic mass is 10.1. The average Bonchev–Trinajstić information content (AvgIpc) is 2.15. The van der Waals surface area contributed by atoms with E-state index in [4.69, 9.17) is 0 Å². The highest BCUT2D eigenvalue weighted by Gasteiger charge is 2.22. The Morgan fingerprint density at radius 3 is 2.50 bits per heavy atom. The van der Waals surface area contributed by atoms with Crippen LogP contribution in [-0.2, 0) is 16.0 Å². The molecule has 0 radical (unpaired) electrons. The lowest BCUT2D eigenvalue weighted by Crippen LogP contribution is -2.43. The van der Waals surface area contributed by atoms with Gasteiger partial charge < -0.3 is 9.45 Å². The molecule has 1 fully saturated rings. The highest BCUT2D eigenvalue weighted by atomic mass is 32.2. The van der Waals surface area contributed by atoms with Crippen molar-refractivity contribution in [1.82, 2.24) is 4.90 Å². The SMILES string of the molecule is CC(C)CCC(=O)N1CC[S+]([O-])CC1. The van der Waals surface area contributed by atoms with E-state index < -0.39 is 11.2 Å². The first-order chi connectivity index (χ1) is 6.59. The zero-order chi connectivity index (χ0) is 10.6. The molecule has 0 spiro atoms. The maximum Gasteiger partial charge on any atom is 0.222 e. The van der Waals surface area contributed by atoms with Crippen molar-refractivity contribution in [3.05, 3.63) is 0 Å². The summed E-state index contributed by atoms with van der Waals surface area (Å²) in [5, 5.41) is 0. The van der Waals surface area contributed by atoms with Gasteiger partial charge in [-0.25, -0.2) is 0 Å². The molecule has 1 saturated heterocycles. The van der Waals surface area contributed by atoms with Crippen molar-refractivity contribution in [2.75, 3.05) is 24.6 Å². The third kappa shape index (κ3) is 3.88. The summed E-state index contributed by atoms with van der Waals surface area (Å²) in [7, 11) is 0. The van der Waals surface area contributed by atoms with Crippen LogP contribution >= 0.6 is 0 Å². The van der Waals surface area contributed by atoms with E-state index in [1.54, 1.807) is 0 Å². The van der Waals surface area contributed by atoms with E-state index in [-0.39, 0.29) is 5.91 Å². The van der Waals surface area contributed by atoms with Crippen molar-refractivity contribution in [3.63, 3.8) is 0 Å². The molecule has 0 aromatic rings. The Morgan fingerprint density at radius 2 is 2.00 bits per heavy atom. The first-order valence-electron chi connectivity index (χ1n) is 5.22. The molecule has 0 saturated carbocycles. The number of hydrogen-bond acceptors (Lipinski definition) is 2. The van der Waals surface area contributed by atoms with Gasteiger partial charge in [-0.2, -0.15) is 0 Å². The van der Waals surface area contributed by atoms with Gasteiger partial charge in [-0.3, -0.25) is 4.79 Å². The van der Waals surface area contributed by atoms with Gasteiger partial charge in [0.15, 0.2) is 0 Å². The molecule has 0 aliphatic carbocycles. The lowest BCUT2D eigenvalue weighted by Gasteiger charge is -2.28. The molecule has 82 valence electrons. The second-order valence-electron chi connectivity index (χ2n) is 4.16. The van der Waals surface area contributed by atoms with Gasteiger partial charge in [0.25, 0.3) is 0 Å². The first kappa shape index (κ1) is 11.9. The summed E-state index contributed by atoms with van der Waals surface area (Å²) in [6, 6.07) is 0. The maximum absolute atomic E-state index is 11.6. The molecule has 1 aliphatic rings. The Hall–Kier alpha value is -0.220. The van der Waals surface area contributed by atoms with E-state index in [0.717, 1.165) is 6.42 Å². The van der Waals surface area contributed by atoms with Gasteiger partial charge in [0.1, 0.15) is 11.5 Å². The number of hydrogen-bond donors (Lipinski definition) is 0. The van der Waals surface area contributed by atoms with E-state index in [0.29, 0.717) is 36.9 Å². The second kappa shape index (κ2) is 5.61. The van der Waals surface area contributed by atoms with Gasteiger partial charge in [-0.15, -0.1) is 0 Å². The molecule has 4 heteroatoms. The minimum Gasteiger partial charge on any atom is -0.616 e. The van der Waals surface area contributed by atoms with Gasteiger partial charge >= 0.3 is 0 Å². The normalized spacial score (nSPS) is 19.0. The number of carbonyl (C=O) groups excluding carboxylic acids is 1. The van der Waals surface area contributed by atoms with Crippen LogP contribution in [0, 0.1) is 5.92 Å². The summed E-state index contributed by atoms with van der Waals surface area (Å²) in [6.07, 6.45) is 1.60. The average molecular weight is 217 g/mol. The minimum atomic E-state index is -0.684. The highest BCUT2D eigenvalue weighted by Crippen LogP contribution is 2.09. The van der Waals surface area contributed by atoms with E-state index in [2.05, 4.69) is 13.8 Å². The van der Waals surface area contributed by atoms with Gasteiger partial charge in [0, 0.05) is 6.42 Å². The smallest absolute Gasteiger partial charge is 0.222 e.